The molecule has 0 amide bonds. The van der Waals surface area contributed by atoms with E-state index in [1.807, 2.05) is 33.0 Å². The first-order valence-electron chi connectivity index (χ1n) is 5.20. The zero-order chi connectivity index (χ0) is 11.9. The predicted molar refractivity (Wildman–Crippen MR) is 61.8 cm³/mol. The van der Waals surface area contributed by atoms with E-state index in [1.54, 1.807) is 10.8 Å². The first-order chi connectivity index (χ1) is 7.50. The molecule has 0 unspecified atom stereocenters. The maximum absolute atomic E-state index is 11.1. The van der Waals surface area contributed by atoms with Gasteiger partial charge in [0.05, 0.1) is 5.52 Å². The van der Waals surface area contributed by atoms with Gasteiger partial charge < -0.3 is 9.67 Å². The Bertz CT molecular complexity index is 555. The number of carboxylic acid groups (broad SMARTS) is 1. The maximum atomic E-state index is 11.1. The number of aromatic nitrogens is 2. The van der Waals surface area contributed by atoms with Crippen LogP contribution in [0.1, 0.15) is 35.8 Å². The van der Waals surface area contributed by atoms with Gasteiger partial charge in [-0.3, -0.25) is 4.98 Å². The summed E-state index contributed by atoms with van der Waals surface area (Å²) in [5.41, 5.74) is 2.60. The van der Waals surface area contributed by atoms with Crippen LogP contribution in [0.3, 0.4) is 0 Å². The lowest BCUT2D eigenvalue weighted by Crippen LogP contribution is -1.97. The van der Waals surface area contributed by atoms with Crippen molar-refractivity contribution < 1.29 is 9.90 Å². The Labute approximate surface area is 93.5 Å². The van der Waals surface area contributed by atoms with Gasteiger partial charge in [0.1, 0.15) is 11.1 Å². The molecule has 2 aromatic heterocycles. The van der Waals surface area contributed by atoms with Crippen LogP contribution < -0.4 is 0 Å². The molecule has 0 fully saturated rings. The Hall–Kier alpha value is -1.84. The highest BCUT2D eigenvalue weighted by Crippen LogP contribution is 2.21. The summed E-state index contributed by atoms with van der Waals surface area (Å²) in [7, 11) is 1.82. The molecule has 0 radical (unpaired) electrons. The lowest BCUT2D eigenvalue weighted by atomic mass is 10.1. The highest BCUT2D eigenvalue weighted by Gasteiger charge is 2.15. The molecular formula is C12H14N2O2. The fourth-order valence-electron chi connectivity index (χ4n) is 1.75. The van der Waals surface area contributed by atoms with Crippen molar-refractivity contribution in [2.24, 2.45) is 7.05 Å². The lowest BCUT2D eigenvalue weighted by Gasteiger charge is -2.04. The number of pyridine rings is 1. The van der Waals surface area contributed by atoms with Crippen LogP contribution in [0.4, 0.5) is 0 Å². The van der Waals surface area contributed by atoms with Gasteiger partial charge in [-0.2, -0.15) is 0 Å². The average Bonchev–Trinajstić information content (AvgIpc) is 2.56. The van der Waals surface area contributed by atoms with Crippen molar-refractivity contribution in [1.29, 1.82) is 0 Å². The number of carbonyl (C=O) groups is 1. The predicted octanol–water partition coefficient (Wildman–Crippen LogP) is 2.39. The molecule has 2 aromatic rings. The zero-order valence-electron chi connectivity index (χ0n) is 9.56. The highest BCUT2D eigenvalue weighted by molar-refractivity contribution is 6.01. The molecule has 0 saturated carbocycles. The van der Waals surface area contributed by atoms with E-state index < -0.39 is 5.97 Å². The van der Waals surface area contributed by atoms with Crippen LogP contribution in [0, 0.1) is 0 Å². The molecule has 2 heterocycles. The second-order valence-electron chi connectivity index (χ2n) is 4.22. The molecule has 0 bridgehead atoms. The third-order valence-electron chi connectivity index (χ3n) is 2.68. The summed E-state index contributed by atoms with van der Waals surface area (Å²) in [6.45, 7) is 4.08. The molecule has 0 saturated heterocycles. The molecule has 0 aliphatic heterocycles. The van der Waals surface area contributed by atoms with Gasteiger partial charge in [0, 0.05) is 18.9 Å². The Morgan fingerprint density at radius 3 is 2.69 bits per heavy atom. The van der Waals surface area contributed by atoms with Gasteiger partial charge in [-0.05, 0) is 18.1 Å². The van der Waals surface area contributed by atoms with Crippen molar-refractivity contribution >= 4 is 17.0 Å². The smallest absolute Gasteiger partial charge is 0.339 e. The summed E-state index contributed by atoms with van der Waals surface area (Å²) in [4.78, 5) is 15.5. The van der Waals surface area contributed by atoms with Crippen molar-refractivity contribution in [1.82, 2.24) is 9.55 Å². The van der Waals surface area contributed by atoms with Gasteiger partial charge in [-0.1, -0.05) is 13.8 Å². The average molecular weight is 218 g/mol. The van der Waals surface area contributed by atoms with E-state index >= 15 is 0 Å². The van der Waals surface area contributed by atoms with Gasteiger partial charge in [0.2, 0.25) is 0 Å². The van der Waals surface area contributed by atoms with Crippen LogP contribution >= 0.6 is 0 Å². The number of rotatable bonds is 2. The van der Waals surface area contributed by atoms with Gasteiger partial charge in [-0.15, -0.1) is 0 Å². The van der Waals surface area contributed by atoms with Gasteiger partial charge in [-0.25, -0.2) is 4.79 Å². The van der Waals surface area contributed by atoms with Crippen molar-refractivity contribution in [3.63, 3.8) is 0 Å². The third kappa shape index (κ3) is 1.56. The first kappa shape index (κ1) is 10.7. The molecule has 1 N–H and O–H groups in total. The summed E-state index contributed by atoms with van der Waals surface area (Å²) >= 11 is 0. The number of fused-ring (bicyclic) bond motifs is 1. The Balaban J connectivity index is 2.74. The summed E-state index contributed by atoms with van der Waals surface area (Å²) in [5.74, 6) is -0.634. The number of aryl methyl sites for hydroxylation is 1. The summed E-state index contributed by atoms with van der Waals surface area (Å²) in [5, 5.41) is 9.07. The molecule has 0 aliphatic carbocycles. The van der Waals surface area contributed by atoms with Crippen LogP contribution in [0.25, 0.3) is 11.0 Å². The fourth-order valence-corrected chi connectivity index (χ4v) is 1.75. The largest absolute Gasteiger partial charge is 0.478 e. The fraction of sp³-hybridized carbons (Fsp3) is 0.333. The van der Waals surface area contributed by atoms with Gasteiger partial charge in [0.25, 0.3) is 0 Å². The Morgan fingerprint density at radius 1 is 1.44 bits per heavy atom. The normalized spacial score (nSPS) is 11.2. The number of carboxylic acids is 1. The zero-order valence-corrected chi connectivity index (χ0v) is 9.56. The van der Waals surface area contributed by atoms with E-state index in [0.29, 0.717) is 11.4 Å². The summed E-state index contributed by atoms with van der Waals surface area (Å²) in [6, 6.07) is 3.86. The number of nitrogens with zero attached hydrogens (tertiary/aromatic N) is 2. The summed E-state index contributed by atoms with van der Waals surface area (Å²) in [6.07, 6.45) is 1.60. The first-order valence-corrected chi connectivity index (χ1v) is 5.20. The monoisotopic (exact) mass is 218 g/mol. The molecule has 2 rings (SSSR count). The van der Waals surface area contributed by atoms with Crippen molar-refractivity contribution in [2.45, 2.75) is 19.8 Å². The second kappa shape index (κ2) is 3.63. The lowest BCUT2D eigenvalue weighted by molar-refractivity contribution is 0.0698. The SMILES string of the molecule is CC(C)c1ccc2c(n1)c(C(=O)O)cn2C. The van der Waals surface area contributed by atoms with E-state index in [1.165, 1.54) is 0 Å². The summed E-state index contributed by atoms with van der Waals surface area (Å²) < 4.78 is 1.79. The number of hydrogen-bond acceptors (Lipinski definition) is 2. The third-order valence-corrected chi connectivity index (χ3v) is 2.68. The molecular weight excluding hydrogens is 204 g/mol. The Kier molecular flexibility index (Phi) is 2.42. The maximum Gasteiger partial charge on any atom is 0.339 e. The van der Waals surface area contributed by atoms with E-state index in [-0.39, 0.29) is 5.56 Å². The minimum atomic E-state index is -0.931. The van der Waals surface area contributed by atoms with Crippen LogP contribution in [-0.2, 0) is 7.05 Å². The van der Waals surface area contributed by atoms with E-state index in [9.17, 15) is 4.79 Å². The second-order valence-corrected chi connectivity index (χ2v) is 4.22. The van der Waals surface area contributed by atoms with Crippen molar-refractivity contribution in [2.75, 3.05) is 0 Å². The quantitative estimate of drug-likeness (QED) is 0.842. The van der Waals surface area contributed by atoms with Crippen LogP contribution in [-0.4, -0.2) is 20.6 Å². The highest BCUT2D eigenvalue weighted by atomic mass is 16.4. The van der Waals surface area contributed by atoms with Crippen molar-refractivity contribution in [3.8, 4) is 0 Å². The molecule has 0 aliphatic rings. The molecule has 4 heteroatoms. The number of hydrogen-bond donors (Lipinski definition) is 1. The molecule has 4 nitrogen and oxygen atoms in total. The van der Waals surface area contributed by atoms with Crippen LogP contribution in [0.5, 0.6) is 0 Å². The minimum absolute atomic E-state index is 0.264. The molecule has 0 aromatic carbocycles. The standard InChI is InChI=1S/C12H14N2O2/c1-7(2)9-4-5-10-11(13-9)8(12(15)16)6-14(10)3/h4-7H,1-3H3,(H,15,16). The van der Waals surface area contributed by atoms with Gasteiger partial charge >= 0.3 is 5.97 Å². The van der Waals surface area contributed by atoms with Crippen molar-refractivity contribution in [3.05, 3.63) is 29.6 Å². The van der Waals surface area contributed by atoms with Crippen LogP contribution in [0.2, 0.25) is 0 Å². The molecule has 84 valence electrons. The number of aromatic carboxylic acids is 1. The molecule has 0 spiro atoms. The van der Waals surface area contributed by atoms with Crippen LogP contribution in [0.15, 0.2) is 18.3 Å². The van der Waals surface area contributed by atoms with E-state index in [0.717, 1.165) is 11.2 Å². The van der Waals surface area contributed by atoms with Gasteiger partial charge in [0.15, 0.2) is 0 Å². The minimum Gasteiger partial charge on any atom is -0.478 e. The van der Waals surface area contributed by atoms with E-state index in [2.05, 4.69) is 4.98 Å². The topological polar surface area (TPSA) is 55.1 Å². The molecule has 16 heavy (non-hydrogen) atoms. The molecule has 0 atom stereocenters. The Morgan fingerprint density at radius 2 is 2.12 bits per heavy atom. The van der Waals surface area contributed by atoms with E-state index in [4.69, 9.17) is 5.11 Å².